The highest BCUT2D eigenvalue weighted by Crippen LogP contribution is 2.34. The summed E-state index contributed by atoms with van der Waals surface area (Å²) in [6, 6.07) is 3.93. The number of carbonyl (C=O) groups excluding carboxylic acids is 1. The van der Waals surface area contributed by atoms with Crippen LogP contribution in [0.2, 0.25) is 0 Å². The SMILES string of the molecule is Cc1sc(N=Cc2ccc(Br)s2)c(C(N)=O)c1C. The summed E-state index contributed by atoms with van der Waals surface area (Å²) in [5.41, 5.74) is 6.85. The van der Waals surface area contributed by atoms with Crippen LogP contribution < -0.4 is 5.73 Å². The molecule has 0 aromatic carbocycles. The molecular formula is C12H11BrN2OS2. The van der Waals surface area contributed by atoms with Gasteiger partial charge in [0.2, 0.25) is 0 Å². The highest BCUT2D eigenvalue weighted by Gasteiger charge is 2.16. The van der Waals surface area contributed by atoms with Crippen molar-refractivity contribution < 1.29 is 4.79 Å². The van der Waals surface area contributed by atoms with Gasteiger partial charge in [-0.25, -0.2) is 4.99 Å². The number of rotatable bonds is 3. The van der Waals surface area contributed by atoms with E-state index in [0.29, 0.717) is 10.6 Å². The Labute approximate surface area is 121 Å². The number of aryl methyl sites for hydroxylation is 1. The van der Waals surface area contributed by atoms with Crippen LogP contribution in [0.1, 0.15) is 25.7 Å². The predicted octanol–water partition coefficient (Wildman–Crippen LogP) is 4.04. The first-order valence-electron chi connectivity index (χ1n) is 5.18. The van der Waals surface area contributed by atoms with Crippen molar-refractivity contribution in [2.24, 2.45) is 10.7 Å². The Kier molecular flexibility index (Phi) is 3.99. The summed E-state index contributed by atoms with van der Waals surface area (Å²) < 4.78 is 1.05. The molecule has 0 bridgehead atoms. The van der Waals surface area contributed by atoms with Gasteiger partial charge in [0.05, 0.1) is 9.35 Å². The van der Waals surface area contributed by atoms with Gasteiger partial charge in [-0.3, -0.25) is 4.79 Å². The number of nitrogens with two attached hydrogens (primary N) is 1. The molecule has 6 heteroatoms. The third-order valence-corrected chi connectivity index (χ3v) is 5.19. The fourth-order valence-electron chi connectivity index (χ4n) is 1.51. The molecule has 94 valence electrons. The molecule has 2 heterocycles. The molecule has 0 atom stereocenters. The molecule has 3 nitrogen and oxygen atoms in total. The summed E-state index contributed by atoms with van der Waals surface area (Å²) in [5.74, 6) is -0.420. The molecule has 0 aliphatic rings. The highest BCUT2D eigenvalue weighted by atomic mass is 79.9. The maximum atomic E-state index is 11.4. The number of thiophene rings is 2. The van der Waals surface area contributed by atoms with Gasteiger partial charge in [-0.2, -0.15) is 0 Å². The van der Waals surface area contributed by atoms with E-state index in [-0.39, 0.29) is 0 Å². The lowest BCUT2D eigenvalue weighted by molar-refractivity contribution is 0.100. The Hall–Kier alpha value is -0.980. The summed E-state index contributed by atoms with van der Waals surface area (Å²) in [6.07, 6.45) is 1.76. The lowest BCUT2D eigenvalue weighted by Crippen LogP contribution is -2.11. The van der Waals surface area contributed by atoms with Crippen LogP contribution in [0.5, 0.6) is 0 Å². The maximum Gasteiger partial charge on any atom is 0.252 e. The minimum atomic E-state index is -0.420. The molecule has 18 heavy (non-hydrogen) atoms. The fraction of sp³-hybridized carbons (Fsp3) is 0.167. The molecule has 2 rings (SSSR count). The van der Waals surface area contributed by atoms with Gasteiger partial charge < -0.3 is 5.73 Å². The number of aliphatic imine (C=N–C) groups is 1. The van der Waals surface area contributed by atoms with E-state index in [1.807, 2.05) is 26.0 Å². The number of primary amides is 1. The van der Waals surface area contributed by atoms with Crippen LogP contribution in [0.15, 0.2) is 20.9 Å². The van der Waals surface area contributed by atoms with Crippen LogP contribution in [0.4, 0.5) is 5.00 Å². The third-order valence-electron chi connectivity index (χ3n) is 2.52. The lowest BCUT2D eigenvalue weighted by atomic mass is 10.1. The average molecular weight is 343 g/mol. The van der Waals surface area contributed by atoms with Crippen molar-refractivity contribution in [3.05, 3.63) is 36.8 Å². The van der Waals surface area contributed by atoms with Crippen molar-refractivity contribution in [1.29, 1.82) is 0 Å². The minimum absolute atomic E-state index is 0.420. The van der Waals surface area contributed by atoms with Gasteiger partial charge in [-0.1, -0.05) is 0 Å². The molecule has 0 saturated heterocycles. The Morgan fingerprint density at radius 1 is 1.39 bits per heavy atom. The zero-order chi connectivity index (χ0) is 13.3. The number of hydrogen-bond donors (Lipinski definition) is 1. The summed E-state index contributed by atoms with van der Waals surface area (Å²) >= 11 is 6.47. The zero-order valence-electron chi connectivity index (χ0n) is 9.86. The van der Waals surface area contributed by atoms with Gasteiger partial charge in [-0.05, 0) is 47.5 Å². The minimum Gasteiger partial charge on any atom is -0.365 e. The van der Waals surface area contributed by atoms with Gasteiger partial charge in [0, 0.05) is 16.0 Å². The van der Waals surface area contributed by atoms with E-state index in [4.69, 9.17) is 5.73 Å². The van der Waals surface area contributed by atoms with Crippen LogP contribution in [0.25, 0.3) is 0 Å². The van der Waals surface area contributed by atoms with E-state index in [0.717, 1.165) is 19.1 Å². The Bertz CT molecular complexity index is 628. The van der Waals surface area contributed by atoms with E-state index in [1.165, 1.54) is 11.3 Å². The first-order chi connectivity index (χ1) is 8.49. The fourth-order valence-corrected chi connectivity index (χ4v) is 3.81. The van der Waals surface area contributed by atoms with Crippen molar-refractivity contribution >= 4 is 55.7 Å². The second-order valence-corrected chi connectivity index (χ2v) is 7.43. The van der Waals surface area contributed by atoms with E-state index in [2.05, 4.69) is 20.9 Å². The second-order valence-electron chi connectivity index (χ2n) is 3.73. The van der Waals surface area contributed by atoms with Crippen LogP contribution >= 0.6 is 38.6 Å². The quantitative estimate of drug-likeness (QED) is 0.840. The van der Waals surface area contributed by atoms with Gasteiger partial charge >= 0.3 is 0 Å². The molecule has 0 saturated carbocycles. The van der Waals surface area contributed by atoms with Crippen LogP contribution in [0, 0.1) is 13.8 Å². The molecule has 2 aromatic heterocycles. The normalized spacial score (nSPS) is 11.3. The van der Waals surface area contributed by atoms with E-state index in [1.54, 1.807) is 17.6 Å². The smallest absolute Gasteiger partial charge is 0.252 e. The van der Waals surface area contributed by atoms with E-state index >= 15 is 0 Å². The summed E-state index contributed by atoms with van der Waals surface area (Å²) in [4.78, 5) is 17.9. The zero-order valence-corrected chi connectivity index (χ0v) is 13.1. The van der Waals surface area contributed by atoms with Crippen molar-refractivity contribution in [1.82, 2.24) is 0 Å². The van der Waals surface area contributed by atoms with Crippen molar-refractivity contribution in [3.63, 3.8) is 0 Å². The molecule has 2 N–H and O–H groups in total. The summed E-state index contributed by atoms with van der Waals surface area (Å²) in [5, 5.41) is 0.682. The van der Waals surface area contributed by atoms with Crippen LogP contribution in [-0.2, 0) is 0 Å². The van der Waals surface area contributed by atoms with Crippen molar-refractivity contribution in [2.45, 2.75) is 13.8 Å². The van der Waals surface area contributed by atoms with Crippen molar-refractivity contribution in [3.8, 4) is 0 Å². The Balaban J connectivity index is 2.37. The first-order valence-corrected chi connectivity index (χ1v) is 7.61. The molecule has 0 radical (unpaired) electrons. The molecule has 0 aliphatic heterocycles. The molecule has 0 unspecified atom stereocenters. The van der Waals surface area contributed by atoms with Gasteiger partial charge in [0.1, 0.15) is 5.00 Å². The van der Waals surface area contributed by atoms with Gasteiger partial charge in [-0.15, -0.1) is 22.7 Å². The lowest BCUT2D eigenvalue weighted by Gasteiger charge is -1.95. The molecule has 0 fully saturated rings. The van der Waals surface area contributed by atoms with Crippen LogP contribution in [-0.4, -0.2) is 12.1 Å². The topological polar surface area (TPSA) is 55.4 Å². The van der Waals surface area contributed by atoms with E-state index < -0.39 is 5.91 Å². The molecular weight excluding hydrogens is 332 g/mol. The largest absolute Gasteiger partial charge is 0.365 e. The standard InChI is InChI=1S/C12H11BrN2OS2/c1-6-7(2)17-12(10(6)11(14)16)15-5-8-3-4-9(13)18-8/h3-5H,1-2H3,(H2,14,16). The molecule has 0 aliphatic carbocycles. The highest BCUT2D eigenvalue weighted by molar-refractivity contribution is 9.11. The van der Waals surface area contributed by atoms with E-state index in [9.17, 15) is 4.79 Å². The number of hydrogen-bond acceptors (Lipinski definition) is 4. The Morgan fingerprint density at radius 3 is 2.67 bits per heavy atom. The monoisotopic (exact) mass is 342 g/mol. The summed E-state index contributed by atoms with van der Waals surface area (Å²) in [7, 11) is 0. The average Bonchev–Trinajstić information content (AvgIpc) is 2.81. The van der Waals surface area contributed by atoms with Gasteiger partial charge in [0.25, 0.3) is 5.91 Å². The van der Waals surface area contributed by atoms with Crippen LogP contribution in [0.3, 0.4) is 0 Å². The number of halogens is 1. The number of nitrogens with zero attached hydrogens (tertiary/aromatic N) is 1. The third kappa shape index (κ3) is 2.71. The van der Waals surface area contributed by atoms with Gasteiger partial charge in [0.15, 0.2) is 0 Å². The molecule has 0 spiro atoms. The molecule has 1 amide bonds. The molecule has 2 aromatic rings. The Morgan fingerprint density at radius 2 is 2.11 bits per heavy atom. The van der Waals surface area contributed by atoms with Crippen molar-refractivity contribution in [2.75, 3.05) is 0 Å². The first kappa shape index (κ1) is 13.5. The second kappa shape index (κ2) is 5.34. The number of carbonyl (C=O) groups is 1. The predicted molar refractivity (Wildman–Crippen MR) is 81.6 cm³/mol. The maximum absolute atomic E-state index is 11.4. The summed E-state index contributed by atoms with van der Waals surface area (Å²) in [6.45, 7) is 3.86. The number of amides is 1.